The van der Waals surface area contributed by atoms with Crippen molar-refractivity contribution < 1.29 is 14.6 Å². The van der Waals surface area contributed by atoms with Crippen LogP contribution in [0.4, 0.5) is 4.39 Å². The molecule has 2 aromatic heterocycles. The fraction of sp³-hybridized carbons (Fsp3) is 0.552. The number of pyridine rings is 1. The highest BCUT2D eigenvalue weighted by atomic mass is 19.1. The summed E-state index contributed by atoms with van der Waals surface area (Å²) in [5.74, 6) is 0.0789. The first-order valence-corrected chi connectivity index (χ1v) is 13.4. The standard InChI is InChI=1S/C29H39FN4O2/c1-19(2)32(3)29(36)25-15-21(30)8-11-27(25)34-18-26(24-12-13-31-16-28(24)34)20-6-9-22(10-7-20)33-14-4-5-23(35)17-33/h8,11-13,15-16,18-20,22-23,29,35-36H,4-7,9-10,14,17H2,1-3H3/t20-,22-,23?,29?. The largest absolute Gasteiger partial charge is 0.392 e. The Labute approximate surface area is 213 Å². The molecule has 1 aliphatic carbocycles. The van der Waals surface area contributed by atoms with Gasteiger partial charge >= 0.3 is 0 Å². The maximum Gasteiger partial charge on any atom is 0.135 e. The molecule has 2 unspecified atom stereocenters. The third kappa shape index (κ3) is 4.94. The molecule has 1 saturated carbocycles. The smallest absolute Gasteiger partial charge is 0.135 e. The summed E-state index contributed by atoms with van der Waals surface area (Å²) in [5.41, 5.74) is 3.59. The number of likely N-dealkylation sites (tertiary alicyclic amines) is 1. The summed E-state index contributed by atoms with van der Waals surface area (Å²) in [7, 11) is 1.85. The molecule has 194 valence electrons. The first-order chi connectivity index (χ1) is 17.3. The number of fused-ring (bicyclic) bond motifs is 1. The molecule has 2 N–H and O–H groups in total. The SMILES string of the molecule is CC(C)N(C)C(O)c1cc(F)ccc1-n1cc([C@H]2CC[C@H](N3CCCC(O)C3)CC2)c2ccncc21. The number of β-amino-alcohol motifs (C(OH)–C–C–N with tert-alkyl or cyclic N) is 1. The molecule has 0 amide bonds. The van der Waals surface area contributed by atoms with E-state index < -0.39 is 6.23 Å². The Kier molecular flexibility index (Phi) is 7.45. The van der Waals surface area contributed by atoms with Gasteiger partial charge in [-0.3, -0.25) is 14.8 Å². The van der Waals surface area contributed by atoms with Crippen molar-refractivity contribution in [1.82, 2.24) is 19.4 Å². The number of aromatic nitrogens is 2. The number of piperidine rings is 1. The molecular weight excluding hydrogens is 455 g/mol. The van der Waals surface area contributed by atoms with Crippen molar-refractivity contribution in [2.75, 3.05) is 20.1 Å². The summed E-state index contributed by atoms with van der Waals surface area (Å²) >= 11 is 0. The van der Waals surface area contributed by atoms with Crippen molar-refractivity contribution in [3.63, 3.8) is 0 Å². The number of halogens is 1. The van der Waals surface area contributed by atoms with E-state index in [2.05, 4.69) is 26.7 Å². The van der Waals surface area contributed by atoms with Crippen LogP contribution in [0.15, 0.2) is 42.9 Å². The second-order valence-corrected chi connectivity index (χ2v) is 11.0. The Morgan fingerprint density at radius 2 is 1.89 bits per heavy atom. The van der Waals surface area contributed by atoms with E-state index in [9.17, 15) is 14.6 Å². The van der Waals surface area contributed by atoms with Gasteiger partial charge in [-0.2, -0.15) is 0 Å². The highest BCUT2D eigenvalue weighted by Gasteiger charge is 2.31. The third-order valence-electron chi connectivity index (χ3n) is 8.45. The molecule has 0 spiro atoms. The summed E-state index contributed by atoms with van der Waals surface area (Å²) in [6.45, 7) is 5.92. The highest BCUT2D eigenvalue weighted by molar-refractivity contribution is 5.85. The molecule has 2 fully saturated rings. The van der Waals surface area contributed by atoms with E-state index in [1.54, 1.807) is 6.07 Å². The molecule has 3 heterocycles. The van der Waals surface area contributed by atoms with Crippen LogP contribution >= 0.6 is 0 Å². The molecular formula is C29H39FN4O2. The minimum atomic E-state index is -0.927. The van der Waals surface area contributed by atoms with Crippen LogP contribution in [0.2, 0.25) is 0 Å². The van der Waals surface area contributed by atoms with Gasteiger partial charge in [0.15, 0.2) is 0 Å². The first kappa shape index (κ1) is 25.3. The third-order valence-corrected chi connectivity index (χ3v) is 8.45. The number of nitrogens with zero attached hydrogens (tertiary/aromatic N) is 4. The van der Waals surface area contributed by atoms with Gasteiger partial charge in [-0.15, -0.1) is 0 Å². The van der Waals surface area contributed by atoms with Gasteiger partial charge in [0.1, 0.15) is 12.0 Å². The molecule has 0 bridgehead atoms. The topological polar surface area (TPSA) is 64.8 Å². The number of hydrogen-bond acceptors (Lipinski definition) is 5. The maximum atomic E-state index is 14.3. The minimum absolute atomic E-state index is 0.103. The molecule has 1 aromatic carbocycles. The molecule has 1 aliphatic heterocycles. The second kappa shape index (κ2) is 10.6. The summed E-state index contributed by atoms with van der Waals surface area (Å²) < 4.78 is 16.4. The van der Waals surface area contributed by atoms with Gasteiger partial charge in [0.05, 0.1) is 23.5 Å². The van der Waals surface area contributed by atoms with Crippen molar-refractivity contribution in [3.05, 3.63) is 59.8 Å². The van der Waals surface area contributed by atoms with Gasteiger partial charge in [-0.1, -0.05) is 0 Å². The average molecular weight is 495 g/mol. The van der Waals surface area contributed by atoms with Crippen LogP contribution in [0.5, 0.6) is 0 Å². The van der Waals surface area contributed by atoms with E-state index in [0.717, 1.165) is 62.8 Å². The Morgan fingerprint density at radius 1 is 1.11 bits per heavy atom. The monoisotopic (exact) mass is 494 g/mol. The Morgan fingerprint density at radius 3 is 2.61 bits per heavy atom. The zero-order valence-corrected chi connectivity index (χ0v) is 21.6. The number of aliphatic hydroxyl groups is 2. The second-order valence-electron chi connectivity index (χ2n) is 11.0. The van der Waals surface area contributed by atoms with Gasteiger partial charge in [-0.05, 0) is 102 Å². The van der Waals surface area contributed by atoms with Gasteiger partial charge in [0, 0.05) is 42.0 Å². The lowest BCUT2D eigenvalue weighted by Crippen LogP contribution is -2.45. The quantitative estimate of drug-likeness (QED) is 0.473. The van der Waals surface area contributed by atoms with Crippen molar-refractivity contribution in [2.24, 2.45) is 0 Å². The van der Waals surface area contributed by atoms with Gasteiger partial charge < -0.3 is 14.8 Å². The lowest BCUT2D eigenvalue weighted by atomic mass is 9.81. The average Bonchev–Trinajstić information content (AvgIpc) is 3.27. The van der Waals surface area contributed by atoms with Crippen molar-refractivity contribution in [2.45, 2.75) is 82.7 Å². The molecule has 7 heteroatoms. The van der Waals surface area contributed by atoms with E-state index >= 15 is 0 Å². The predicted octanol–water partition coefficient (Wildman–Crippen LogP) is 4.98. The van der Waals surface area contributed by atoms with Crippen LogP contribution in [0.25, 0.3) is 16.6 Å². The summed E-state index contributed by atoms with van der Waals surface area (Å²) in [4.78, 5) is 8.73. The lowest BCUT2D eigenvalue weighted by molar-refractivity contribution is 0.000853. The number of hydrogen-bond donors (Lipinski definition) is 2. The Balaban J connectivity index is 1.46. The summed E-state index contributed by atoms with van der Waals surface area (Å²) in [6, 6.07) is 7.40. The molecule has 6 nitrogen and oxygen atoms in total. The van der Waals surface area contributed by atoms with E-state index in [0.29, 0.717) is 17.5 Å². The van der Waals surface area contributed by atoms with Gasteiger partial charge in [0.25, 0.3) is 0 Å². The van der Waals surface area contributed by atoms with Crippen molar-refractivity contribution in [3.8, 4) is 5.69 Å². The number of rotatable bonds is 6. The predicted molar refractivity (Wildman–Crippen MR) is 141 cm³/mol. The van der Waals surface area contributed by atoms with E-state index in [1.165, 1.54) is 23.1 Å². The zero-order valence-electron chi connectivity index (χ0n) is 21.6. The maximum absolute atomic E-state index is 14.3. The molecule has 3 aromatic rings. The molecule has 2 aliphatic rings. The Hall–Kier alpha value is -2.32. The molecule has 5 rings (SSSR count). The number of aliphatic hydroxyl groups excluding tert-OH is 2. The minimum Gasteiger partial charge on any atom is -0.392 e. The molecule has 36 heavy (non-hydrogen) atoms. The molecule has 1 saturated heterocycles. The lowest BCUT2D eigenvalue weighted by Gasteiger charge is -2.40. The van der Waals surface area contributed by atoms with E-state index in [1.807, 2.05) is 38.2 Å². The van der Waals surface area contributed by atoms with Crippen LogP contribution in [0.1, 0.15) is 75.6 Å². The first-order valence-electron chi connectivity index (χ1n) is 13.4. The number of benzene rings is 1. The van der Waals surface area contributed by atoms with Gasteiger partial charge in [-0.25, -0.2) is 4.39 Å². The fourth-order valence-electron chi connectivity index (χ4n) is 6.15. The zero-order chi connectivity index (χ0) is 25.4. The van der Waals surface area contributed by atoms with Crippen LogP contribution in [-0.2, 0) is 0 Å². The van der Waals surface area contributed by atoms with Crippen molar-refractivity contribution >= 4 is 10.9 Å². The Bertz CT molecular complexity index is 1190. The van der Waals surface area contributed by atoms with Crippen LogP contribution < -0.4 is 0 Å². The summed E-state index contributed by atoms with van der Waals surface area (Å²) in [6.07, 6.45) is 11.3. The molecule has 2 atom stereocenters. The normalized spacial score (nSPS) is 24.6. The van der Waals surface area contributed by atoms with Crippen LogP contribution in [0.3, 0.4) is 0 Å². The highest BCUT2D eigenvalue weighted by Crippen LogP contribution is 2.40. The fourth-order valence-corrected chi connectivity index (χ4v) is 6.15. The molecule has 0 radical (unpaired) electrons. The summed E-state index contributed by atoms with van der Waals surface area (Å²) in [5, 5.41) is 22.4. The van der Waals surface area contributed by atoms with Crippen molar-refractivity contribution in [1.29, 1.82) is 0 Å². The van der Waals surface area contributed by atoms with E-state index in [-0.39, 0.29) is 18.0 Å². The van der Waals surface area contributed by atoms with Crippen LogP contribution in [0, 0.1) is 5.82 Å². The van der Waals surface area contributed by atoms with Crippen LogP contribution in [-0.4, -0.2) is 67.9 Å². The van der Waals surface area contributed by atoms with E-state index in [4.69, 9.17) is 0 Å². The van der Waals surface area contributed by atoms with Gasteiger partial charge in [0.2, 0.25) is 0 Å².